The van der Waals surface area contributed by atoms with Crippen LogP contribution < -0.4 is 5.32 Å². The van der Waals surface area contributed by atoms with Gasteiger partial charge in [0, 0.05) is 6.54 Å². The Hall–Kier alpha value is -2.59. The highest BCUT2D eigenvalue weighted by molar-refractivity contribution is 5.91. The van der Waals surface area contributed by atoms with Crippen LogP contribution in [0, 0.1) is 11.8 Å². The van der Waals surface area contributed by atoms with Crippen molar-refractivity contribution in [2.24, 2.45) is 0 Å². The summed E-state index contributed by atoms with van der Waals surface area (Å²) >= 11 is 0. The highest BCUT2D eigenvalue weighted by Gasteiger charge is 2.18. The summed E-state index contributed by atoms with van der Waals surface area (Å²) in [6, 6.07) is 2.83. The van der Waals surface area contributed by atoms with E-state index < -0.39 is 5.60 Å². The predicted molar refractivity (Wildman–Crippen MR) is 83.5 cm³/mol. The van der Waals surface area contributed by atoms with Crippen LogP contribution >= 0.6 is 0 Å². The van der Waals surface area contributed by atoms with Gasteiger partial charge in [0.1, 0.15) is 17.8 Å². The summed E-state index contributed by atoms with van der Waals surface area (Å²) in [7, 11) is 0. The van der Waals surface area contributed by atoms with E-state index in [9.17, 15) is 9.90 Å². The van der Waals surface area contributed by atoms with Gasteiger partial charge in [-0.1, -0.05) is 5.92 Å². The average Bonchev–Trinajstić information content (AvgIpc) is 3.13. The molecule has 0 aliphatic carbocycles. The zero-order valence-electron chi connectivity index (χ0n) is 13.6. The third-order valence-electron chi connectivity index (χ3n) is 3.00. The van der Waals surface area contributed by atoms with E-state index in [4.69, 9.17) is 4.42 Å². The summed E-state index contributed by atoms with van der Waals surface area (Å²) in [5.41, 5.74) is -1.12. The molecular weight excluding hydrogens is 296 g/mol. The number of rotatable bonds is 4. The lowest BCUT2D eigenvalue weighted by Gasteiger charge is -2.12. The SMILES string of the molecule is CCn1ncnc1C(C)NC(=O)c1ccc(C#CC(C)(C)O)o1. The van der Waals surface area contributed by atoms with Crippen molar-refractivity contribution in [1.82, 2.24) is 20.1 Å². The lowest BCUT2D eigenvalue weighted by Crippen LogP contribution is -2.28. The minimum atomic E-state index is -1.12. The molecule has 7 nitrogen and oxygen atoms in total. The molecule has 1 atom stereocenters. The molecule has 0 saturated carbocycles. The maximum atomic E-state index is 12.2. The summed E-state index contributed by atoms with van der Waals surface area (Å²) in [5, 5.41) is 16.4. The second-order valence-corrected chi connectivity index (χ2v) is 5.60. The minimum absolute atomic E-state index is 0.152. The van der Waals surface area contributed by atoms with E-state index in [1.54, 1.807) is 30.7 Å². The molecule has 2 aromatic heterocycles. The van der Waals surface area contributed by atoms with Crippen molar-refractivity contribution < 1.29 is 14.3 Å². The van der Waals surface area contributed by atoms with Crippen molar-refractivity contribution >= 4 is 5.91 Å². The number of aliphatic hydroxyl groups is 1. The first-order chi connectivity index (χ1) is 10.8. The quantitative estimate of drug-likeness (QED) is 0.834. The third-order valence-corrected chi connectivity index (χ3v) is 3.00. The first-order valence-corrected chi connectivity index (χ1v) is 7.34. The van der Waals surface area contributed by atoms with Crippen molar-refractivity contribution in [1.29, 1.82) is 0 Å². The minimum Gasteiger partial charge on any atom is -0.443 e. The van der Waals surface area contributed by atoms with E-state index in [2.05, 4.69) is 27.2 Å². The van der Waals surface area contributed by atoms with Crippen molar-refractivity contribution in [2.75, 3.05) is 0 Å². The number of amides is 1. The van der Waals surface area contributed by atoms with Crippen LogP contribution in [0.5, 0.6) is 0 Å². The van der Waals surface area contributed by atoms with Crippen molar-refractivity contribution in [2.45, 2.75) is 45.9 Å². The summed E-state index contributed by atoms with van der Waals surface area (Å²) in [6.45, 7) is 7.59. The summed E-state index contributed by atoms with van der Waals surface area (Å²) in [4.78, 5) is 16.4. The number of carbonyl (C=O) groups excluding carboxylic acids is 1. The fourth-order valence-electron chi connectivity index (χ4n) is 1.93. The van der Waals surface area contributed by atoms with Crippen LogP contribution in [-0.4, -0.2) is 31.4 Å². The molecule has 0 saturated heterocycles. The number of nitrogens with one attached hydrogen (secondary N) is 1. The van der Waals surface area contributed by atoms with E-state index in [1.807, 2.05) is 13.8 Å². The standard InChI is InChI=1S/C16H20N4O3/c1-5-20-14(17-10-18-20)11(2)19-15(21)13-7-6-12(23-13)8-9-16(3,4)22/h6-7,10-11,22H,5H2,1-4H3,(H,19,21). The fraction of sp³-hybridized carbons (Fsp3) is 0.438. The topological polar surface area (TPSA) is 93.2 Å². The number of hydrogen-bond acceptors (Lipinski definition) is 5. The van der Waals surface area contributed by atoms with Gasteiger partial charge in [-0.3, -0.25) is 4.79 Å². The molecule has 7 heteroatoms. The Morgan fingerprint density at radius 1 is 1.52 bits per heavy atom. The van der Waals surface area contributed by atoms with Crippen molar-refractivity contribution in [3.63, 3.8) is 0 Å². The predicted octanol–water partition coefficient (Wildman–Crippen LogP) is 1.50. The van der Waals surface area contributed by atoms with Crippen LogP contribution in [0.2, 0.25) is 0 Å². The molecule has 1 amide bonds. The molecule has 2 rings (SSSR count). The van der Waals surface area contributed by atoms with E-state index in [-0.39, 0.29) is 17.7 Å². The Kier molecular flexibility index (Phi) is 4.86. The normalized spacial score (nSPS) is 12.4. The first kappa shape index (κ1) is 16.8. The summed E-state index contributed by atoms with van der Waals surface area (Å²) in [6.07, 6.45) is 1.46. The van der Waals surface area contributed by atoms with Gasteiger partial charge in [-0.25, -0.2) is 9.67 Å². The third kappa shape index (κ3) is 4.44. The molecule has 2 heterocycles. The lowest BCUT2D eigenvalue weighted by molar-refractivity contribution is 0.0909. The van der Waals surface area contributed by atoms with Gasteiger partial charge in [-0.05, 0) is 45.7 Å². The Morgan fingerprint density at radius 3 is 2.91 bits per heavy atom. The molecule has 0 radical (unpaired) electrons. The largest absolute Gasteiger partial charge is 0.443 e. The van der Waals surface area contributed by atoms with Gasteiger partial charge in [0.25, 0.3) is 5.91 Å². The lowest BCUT2D eigenvalue weighted by atomic mass is 10.1. The van der Waals surface area contributed by atoms with Crippen LogP contribution in [0.25, 0.3) is 0 Å². The number of furan rings is 1. The zero-order chi connectivity index (χ0) is 17.0. The Morgan fingerprint density at radius 2 is 2.26 bits per heavy atom. The molecule has 1 unspecified atom stereocenters. The highest BCUT2D eigenvalue weighted by atomic mass is 16.3. The van der Waals surface area contributed by atoms with Crippen LogP contribution in [0.1, 0.15) is 55.9 Å². The van der Waals surface area contributed by atoms with Crippen LogP contribution in [0.3, 0.4) is 0 Å². The molecule has 0 fully saturated rings. The van der Waals surface area contributed by atoms with Crippen LogP contribution in [0.15, 0.2) is 22.9 Å². The van der Waals surface area contributed by atoms with Crippen LogP contribution in [-0.2, 0) is 6.54 Å². The van der Waals surface area contributed by atoms with Gasteiger partial charge in [-0.2, -0.15) is 5.10 Å². The molecule has 0 aromatic carbocycles. The van der Waals surface area contributed by atoms with Gasteiger partial charge in [0.15, 0.2) is 11.5 Å². The second-order valence-electron chi connectivity index (χ2n) is 5.60. The molecule has 0 aliphatic rings. The molecule has 122 valence electrons. The van der Waals surface area contributed by atoms with Crippen molar-refractivity contribution in [3.05, 3.63) is 35.8 Å². The average molecular weight is 316 g/mol. The van der Waals surface area contributed by atoms with E-state index in [0.29, 0.717) is 18.1 Å². The molecule has 0 aliphatic heterocycles. The fourth-order valence-corrected chi connectivity index (χ4v) is 1.93. The Labute approximate surface area is 134 Å². The second kappa shape index (κ2) is 6.67. The van der Waals surface area contributed by atoms with E-state index in [0.717, 1.165) is 0 Å². The zero-order valence-corrected chi connectivity index (χ0v) is 13.6. The molecule has 0 spiro atoms. The van der Waals surface area contributed by atoms with Gasteiger partial charge >= 0.3 is 0 Å². The molecule has 2 aromatic rings. The number of nitrogens with zero attached hydrogens (tertiary/aromatic N) is 3. The monoisotopic (exact) mass is 316 g/mol. The van der Waals surface area contributed by atoms with Crippen molar-refractivity contribution in [3.8, 4) is 11.8 Å². The van der Waals surface area contributed by atoms with Crippen LogP contribution in [0.4, 0.5) is 0 Å². The maximum absolute atomic E-state index is 12.2. The van der Waals surface area contributed by atoms with Gasteiger partial charge in [0.2, 0.25) is 0 Å². The smallest absolute Gasteiger partial charge is 0.287 e. The first-order valence-electron chi connectivity index (χ1n) is 7.34. The highest BCUT2D eigenvalue weighted by Crippen LogP contribution is 2.12. The molecular formula is C16H20N4O3. The molecule has 23 heavy (non-hydrogen) atoms. The van der Waals surface area contributed by atoms with E-state index >= 15 is 0 Å². The van der Waals surface area contributed by atoms with E-state index in [1.165, 1.54) is 6.33 Å². The Balaban J connectivity index is 2.06. The number of aromatic nitrogens is 3. The van der Waals surface area contributed by atoms with Gasteiger partial charge in [0.05, 0.1) is 6.04 Å². The van der Waals surface area contributed by atoms with Gasteiger partial charge < -0.3 is 14.8 Å². The van der Waals surface area contributed by atoms with Gasteiger partial charge in [-0.15, -0.1) is 0 Å². The number of aryl methyl sites for hydroxylation is 1. The number of carbonyl (C=O) groups is 1. The number of hydrogen-bond donors (Lipinski definition) is 2. The summed E-state index contributed by atoms with van der Waals surface area (Å²) in [5.74, 6) is 6.10. The molecule has 2 N–H and O–H groups in total. The summed E-state index contributed by atoms with van der Waals surface area (Å²) < 4.78 is 7.09. The molecule has 0 bridgehead atoms. The maximum Gasteiger partial charge on any atom is 0.287 e. The Bertz CT molecular complexity index is 743.